The van der Waals surface area contributed by atoms with E-state index in [9.17, 15) is 9.50 Å². The van der Waals surface area contributed by atoms with Gasteiger partial charge in [0.15, 0.2) is 0 Å². The number of benzene rings is 1. The second-order valence-electron chi connectivity index (χ2n) is 6.15. The van der Waals surface area contributed by atoms with E-state index in [4.69, 9.17) is 27.9 Å². The Hall–Kier alpha value is -1.60. The van der Waals surface area contributed by atoms with Crippen molar-refractivity contribution in [1.29, 1.82) is 0 Å². The fourth-order valence-corrected chi connectivity index (χ4v) is 3.84. The number of ether oxygens (including phenoxy) is 1. The molecule has 5 nitrogen and oxygen atoms in total. The molecule has 0 amide bonds. The van der Waals surface area contributed by atoms with E-state index >= 15 is 0 Å². The van der Waals surface area contributed by atoms with Crippen molar-refractivity contribution in [3.8, 4) is 22.8 Å². The van der Waals surface area contributed by atoms with Crippen molar-refractivity contribution in [2.75, 3.05) is 26.2 Å². The second kappa shape index (κ2) is 6.61. The molecule has 1 saturated heterocycles. The van der Waals surface area contributed by atoms with Crippen molar-refractivity contribution in [2.45, 2.75) is 12.6 Å². The lowest BCUT2D eigenvalue weighted by Crippen LogP contribution is -2.52. The molecule has 4 rings (SSSR count). The Morgan fingerprint density at radius 1 is 1.36 bits per heavy atom. The number of hydrogen-bond donors (Lipinski definition) is 2. The Bertz CT molecular complexity index is 814. The van der Waals surface area contributed by atoms with E-state index in [1.807, 2.05) is 0 Å². The number of nitrogens with zero attached hydrogens (tertiary/aromatic N) is 2. The fraction of sp³-hybridized carbons (Fsp3) is 0.353. The zero-order valence-corrected chi connectivity index (χ0v) is 14.7. The van der Waals surface area contributed by atoms with Crippen molar-refractivity contribution < 1.29 is 14.2 Å². The van der Waals surface area contributed by atoms with Gasteiger partial charge in [0.1, 0.15) is 39.8 Å². The van der Waals surface area contributed by atoms with Gasteiger partial charge in [-0.2, -0.15) is 0 Å². The summed E-state index contributed by atoms with van der Waals surface area (Å²) in [6.07, 6.45) is 0. The molecule has 0 radical (unpaired) electrons. The van der Waals surface area contributed by atoms with Crippen molar-refractivity contribution in [3.63, 3.8) is 0 Å². The molecular formula is C17H16Cl2FN3O2. The highest BCUT2D eigenvalue weighted by atomic mass is 35.5. The maximum atomic E-state index is 14.2. The van der Waals surface area contributed by atoms with Crippen LogP contribution in [-0.2, 0) is 6.54 Å². The minimum Gasteiger partial charge on any atom is -0.507 e. The zero-order valence-electron chi connectivity index (χ0n) is 13.2. The normalized spacial score (nSPS) is 20.4. The molecule has 0 spiro atoms. The molecule has 0 bridgehead atoms. The number of pyridine rings is 1. The van der Waals surface area contributed by atoms with E-state index in [0.717, 1.165) is 19.6 Å². The standard InChI is InChI=1S/C17H16Cl2FN3O2/c18-14-15(13-11(20)2-1-3-12(13)24)22-17(19)10-7-23-5-4-21-6-9(23)8-25-16(10)14/h1-3,9,21,24H,4-8H2/t9-/m1/s1. The smallest absolute Gasteiger partial charge is 0.147 e. The summed E-state index contributed by atoms with van der Waals surface area (Å²) < 4.78 is 20.2. The Morgan fingerprint density at radius 3 is 3.00 bits per heavy atom. The van der Waals surface area contributed by atoms with E-state index in [1.165, 1.54) is 18.2 Å². The number of phenolic OH excluding ortho intramolecular Hbond substituents is 1. The molecule has 0 aliphatic carbocycles. The van der Waals surface area contributed by atoms with Gasteiger partial charge in [-0.25, -0.2) is 9.37 Å². The van der Waals surface area contributed by atoms with Crippen LogP contribution in [0.4, 0.5) is 4.39 Å². The Morgan fingerprint density at radius 2 is 2.20 bits per heavy atom. The molecule has 0 unspecified atom stereocenters. The summed E-state index contributed by atoms with van der Waals surface area (Å²) in [5, 5.41) is 13.7. The number of nitrogens with one attached hydrogen (secondary N) is 1. The molecule has 2 aliphatic rings. The number of halogens is 3. The second-order valence-corrected chi connectivity index (χ2v) is 6.88. The van der Waals surface area contributed by atoms with Gasteiger partial charge in [0.2, 0.25) is 0 Å². The summed E-state index contributed by atoms with van der Waals surface area (Å²) in [5.41, 5.74) is 0.694. The third-order valence-corrected chi connectivity index (χ3v) is 5.29. The van der Waals surface area contributed by atoms with Gasteiger partial charge < -0.3 is 15.2 Å². The number of rotatable bonds is 1. The van der Waals surface area contributed by atoms with Gasteiger partial charge in [-0.1, -0.05) is 29.3 Å². The van der Waals surface area contributed by atoms with Crippen molar-refractivity contribution in [1.82, 2.24) is 15.2 Å². The number of aromatic nitrogens is 1. The van der Waals surface area contributed by atoms with Gasteiger partial charge in [0, 0.05) is 31.7 Å². The average Bonchev–Trinajstić information content (AvgIpc) is 2.79. The van der Waals surface area contributed by atoms with Crippen LogP contribution in [0.3, 0.4) is 0 Å². The molecule has 132 valence electrons. The largest absolute Gasteiger partial charge is 0.507 e. The highest BCUT2D eigenvalue weighted by molar-refractivity contribution is 6.36. The monoisotopic (exact) mass is 383 g/mol. The van der Waals surface area contributed by atoms with Gasteiger partial charge in [-0.15, -0.1) is 0 Å². The summed E-state index contributed by atoms with van der Waals surface area (Å²) >= 11 is 12.9. The molecule has 2 aromatic rings. The van der Waals surface area contributed by atoms with Crippen LogP contribution in [0.15, 0.2) is 18.2 Å². The number of aromatic hydroxyl groups is 1. The highest BCUT2D eigenvalue weighted by Gasteiger charge is 2.31. The molecule has 1 aromatic carbocycles. The molecule has 25 heavy (non-hydrogen) atoms. The molecule has 1 aromatic heterocycles. The first kappa shape index (κ1) is 16.8. The zero-order chi connectivity index (χ0) is 17.6. The number of piperazine rings is 1. The van der Waals surface area contributed by atoms with Gasteiger partial charge in [0.05, 0.1) is 11.6 Å². The van der Waals surface area contributed by atoms with Crippen molar-refractivity contribution in [3.05, 3.63) is 39.8 Å². The quantitative estimate of drug-likeness (QED) is 0.741. The van der Waals surface area contributed by atoms with E-state index in [1.54, 1.807) is 0 Å². The molecule has 1 atom stereocenters. The van der Waals surface area contributed by atoms with Crippen LogP contribution in [-0.4, -0.2) is 47.3 Å². The maximum Gasteiger partial charge on any atom is 0.147 e. The van der Waals surface area contributed by atoms with Crippen LogP contribution >= 0.6 is 23.2 Å². The minimum atomic E-state index is -0.624. The topological polar surface area (TPSA) is 57.6 Å². The van der Waals surface area contributed by atoms with Gasteiger partial charge in [-0.05, 0) is 12.1 Å². The highest BCUT2D eigenvalue weighted by Crippen LogP contribution is 2.44. The van der Waals surface area contributed by atoms with Crippen LogP contribution in [0.2, 0.25) is 10.2 Å². The minimum absolute atomic E-state index is 0.0792. The van der Waals surface area contributed by atoms with Crippen LogP contribution in [0, 0.1) is 5.82 Å². The lowest BCUT2D eigenvalue weighted by atomic mass is 10.1. The van der Waals surface area contributed by atoms with Gasteiger partial charge >= 0.3 is 0 Å². The van der Waals surface area contributed by atoms with E-state index in [-0.39, 0.29) is 33.2 Å². The first-order valence-electron chi connectivity index (χ1n) is 7.99. The summed E-state index contributed by atoms with van der Waals surface area (Å²) in [5.74, 6) is -0.463. The number of fused-ring (bicyclic) bond motifs is 2. The van der Waals surface area contributed by atoms with Crippen LogP contribution < -0.4 is 10.1 Å². The molecule has 2 aliphatic heterocycles. The Balaban J connectivity index is 1.84. The first-order valence-corrected chi connectivity index (χ1v) is 8.75. The van der Waals surface area contributed by atoms with Crippen LogP contribution in [0.5, 0.6) is 11.5 Å². The van der Waals surface area contributed by atoms with E-state index < -0.39 is 5.82 Å². The van der Waals surface area contributed by atoms with Crippen LogP contribution in [0.1, 0.15) is 5.56 Å². The van der Waals surface area contributed by atoms with Crippen molar-refractivity contribution >= 4 is 23.2 Å². The Kier molecular flexibility index (Phi) is 4.45. The van der Waals surface area contributed by atoms with Crippen LogP contribution in [0.25, 0.3) is 11.3 Å². The predicted octanol–water partition coefficient (Wildman–Crippen LogP) is 3.07. The summed E-state index contributed by atoms with van der Waals surface area (Å²) in [7, 11) is 0. The average molecular weight is 384 g/mol. The maximum absolute atomic E-state index is 14.2. The molecular weight excluding hydrogens is 368 g/mol. The summed E-state index contributed by atoms with van der Waals surface area (Å²) in [6.45, 7) is 3.60. The first-order chi connectivity index (χ1) is 12.1. The van der Waals surface area contributed by atoms with Gasteiger partial charge in [0.25, 0.3) is 0 Å². The molecule has 2 N–H and O–H groups in total. The van der Waals surface area contributed by atoms with E-state index in [0.29, 0.717) is 24.5 Å². The molecule has 3 heterocycles. The van der Waals surface area contributed by atoms with Crippen molar-refractivity contribution in [2.24, 2.45) is 0 Å². The molecule has 0 saturated carbocycles. The third-order valence-electron chi connectivity index (χ3n) is 4.62. The molecule has 8 heteroatoms. The van der Waals surface area contributed by atoms with Gasteiger partial charge in [-0.3, -0.25) is 4.90 Å². The molecule has 1 fully saturated rings. The lowest BCUT2D eigenvalue weighted by molar-refractivity contribution is 0.120. The summed E-state index contributed by atoms with van der Waals surface area (Å²) in [6, 6.07) is 4.23. The Labute approximate surface area is 154 Å². The van der Waals surface area contributed by atoms with E-state index in [2.05, 4.69) is 15.2 Å². The predicted molar refractivity (Wildman–Crippen MR) is 93.9 cm³/mol. The summed E-state index contributed by atoms with van der Waals surface area (Å²) in [4.78, 5) is 6.54. The lowest BCUT2D eigenvalue weighted by Gasteiger charge is -2.33. The number of hydrogen-bond acceptors (Lipinski definition) is 5. The number of phenols is 1. The fourth-order valence-electron chi connectivity index (χ4n) is 3.31. The SMILES string of the molecule is Oc1cccc(F)c1-c1nc(Cl)c2c(c1Cl)OC[C@H]1CNCCN1C2. The third kappa shape index (κ3) is 2.93.